The van der Waals surface area contributed by atoms with Crippen LogP contribution in [0.4, 0.5) is 10.5 Å². The van der Waals surface area contributed by atoms with Crippen LogP contribution in [0.25, 0.3) is 0 Å². The zero-order chi connectivity index (χ0) is 17.2. The summed E-state index contributed by atoms with van der Waals surface area (Å²) >= 11 is 1.69. The molecule has 1 N–H and O–H groups in total. The number of carbonyl (C=O) groups is 2. The van der Waals surface area contributed by atoms with Crippen LogP contribution >= 0.6 is 11.3 Å². The van der Waals surface area contributed by atoms with Crippen molar-refractivity contribution in [2.24, 2.45) is 0 Å². The van der Waals surface area contributed by atoms with Crippen molar-refractivity contribution in [3.63, 3.8) is 0 Å². The highest BCUT2D eigenvalue weighted by molar-refractivity contribution is 7.10. The molecule has 3 amide bonds. The third-order valence-electron chi connectivity index (χ3n) is 4.96. The van der Waals surface area contributed by atoms with Crippen molar-refractivity contribution in [1.29, 1.82) is 0 Å². The van der Waals surface area contributed by atoms with Gasteiger partial charge < -0.3 is 15.1 Å². The van der Waals surface area contributed by atoms with E-state index in [9.17, 15) is 9.59 Å². The van der Waals surface area contributed by atoms with Gasteiger partial charge in [0.05, 0.1) is 6.04 Å². The third-order valence-corrected chi connectivity index (χ3v) is 5.93. The predicted octanol–water partition coefficient (Wildman–Crippen LogP) is 3.40. The fourth-order valence-electron chi connectivity index (χ4n) is 3.70. The molecule has 25 heavy (non-hydrogen) atoms. The van der Waals surface area contributed by atoms with E-state index in [0.29, 0.717) is 13.0 Å². The van der Waals surface area contributed by atoms with E-state index in [1.807, 2.05) is 46.7 Å². The molecule has 2 aliphatic heterocycles. The first-order valence-corrected chi connectivity index (χ1v) is 9.59. The second kappa shape index (κ2) is 6.88. The Kier molecular flexibility index (Phi) is 4.44. The molecule has 5 nitrogen and oxygen atoms in total. The summed E-state index contributed by atoms with van der Waals surface area (Å²) in [6.07, 6.45) is 2.64. The molecule has 2 saturated heterocycles. The van der Waals surface area contributed by atoms with Crippen LogP contribution in [0.5, 0.6) is 0 Å². The van der Waals surface area contributed by atoms with Crippen molar-refractivity contribution in [3.8, 4) is 0 Å². The van der Waals surface area contributed by atoms with E-state index in [1.165, 1.54) is 4.88 Å². The van der Waals surface area contributed by atoms with Crippen LogP contribution in [0.1, 0.15) is 30.2 Å². The Balaban J connectivity index is 1.42. The van der Waals surface area contributed by atoms with Crippen LogP contribution < -0.4 is 10.2 Å². The summed E-state index contributed by atoms with van der Waals surface area (Å²) < 4.78 is 0. The minimum atomic E-state index is -0.433. The summed E-state index contributed by atoms with van der Waals surface area (Å²) in [5, 5.41) is 5.01. The number of benzene rings is 1. The Morgan fingerprint density at radius 3 is 2.68 bits per heavy atom. The fourth-order valence-corrected chi connectivity index (χ4v) is 4.57. The number of hydrogen-bond acceptors (Lipinski definition) is 3. The Morgan fingerprint density at radius 1 is 1.08 bits per heavy atom. The lowest BCUT2D eigenvalue weighted by Crippen LogP contribution is -2.47. The smallest absolute Gasteiger partial charge is 0.318 e. The van der Waals surface area contributed by atoms with Gasteiger partial charge in [-0.1, -0.05) is 24.3 Å². The number of thiophene rings is 1. The van der Waals surface area contributed by atoms with Gasteiger partial charge in [-0.2, -0.15) is 0 Å². The summed E-state index contributed by atoms with van der Waals surface area (Å²) in [7, 11) is 0. The van der Waals surface area contributed by atoms with Crippen LogP contribution in [0.2, 0.25) is 0 Å². The Hall–Kier alpha value is -2.34. The van der Waals surface area contributed by atoms with Gasteiger partial charge >= 0.3 is 6.03 Å². The second-order valence-corrected chi connectivity index (χ2v) is 7.46. The van der Waals surface area contributed by atoms with E-state index in [4.69, 9.17) is 0 Å². The number of amides is 3. The minimum absolute atomic E-state index is 0.0218. The van der Waals surface area contributed by atoms with Crippen molar-refractivity contribution in [3.05, 3.63) is 52.7 Å². The van der Waals surface area contributed by atoms with Crippen LogP contribution in [0.3, 0.4) is 0 Å². The summed E-state index contributed by atoms with van der Waals surface area (Å²) in [6, 6.07) is 13.3. The minimum Gasteiger partial charge on any atom is -0.326 e. The molecular formula is C19H21N3O2S. The molecule has 2 atom stereocenters. The number of anilines is 1. The van der Waals surface area contributed by atoms with Gasteiger partial charge in [0.15, 0.2) is 0 Å². The van der Waals surface area contributed by atoms with E-state index in [-0.39, 0.29) is 18.0 Å². The molecule has 0 spiro atoms. The van der Waals surface area contributed by atoms with Gasteiger partial charge in [0.2, 0.25) is 5.91 Å². The lowest BCUT2D eigenvalue weighted by Gasteiger charge is -2.26. The Bertz CT molecular complexity index is 747. The van der Waals surface area contributed by atoms with Gasteiger partial charge in [0.1, 0.15) is 6.04 Å². The maximum Gasteiger partial charge on any atom is 0.318 e. The normalized spacial score (nSPS) is 23.3. The average Bonchev–Trinajstić information content (AvgIpc) is 3.36. The van der Waals surface area contributed by atoms with Gasteiger partial charge in [0.25, 0.3) is 0 Å². The van der Waals surface area contributed by atoms with Crippen molar-refractivity contribution >= 4 is 29.0 Å². The molecule has 2 fully saturated rings. The first kappa shape index (κ1) is 16.1. The second-order valence-electron chi connectivity index (χ2n) is 6.48. The van der Waals surface area contributed by atoms with Crippen molar-refractivity contribution < 1.29 is 9.59 Å². The van der Waals surface area contributed by atoms with Gasteiger partial charge in [-0.05, 0) is 42.8 Å². The van der Waals surface area contributed by atoms with E-state index in [1.54, 1.807) is 16.2 Å². The molecule has 130 valence electrons. The maximum absolute atomic E-state index is 12.7. The van der Waals surface area contributed by atoms with Gasteiger partial charge in [-0.3, -0.25) is 4.79 Å². The van der Waals surface area contributed by atoms with E-state index in [0.717, 1.165) is 25.1 Å². The van der Waals surface area contributed by atoms with E-state index < -0.39 is 6.04 Å². The SMILES string of the molecule is O=C1C(NC(=O)N2CCCC2c2cccs2)CCN1c1ccccc1. The highest BCUT2D eigenvalue weighted by Gasteiger charge is 2.37. The number of hydrogen-bond donors (Lipinski definition) is 1. The monoisotopic (exact) mass is 355 g/mol. The molecule has 2 aromatic rings. The topological polar surface area (TPSA) is 52.7 Å². The molecule has 1 aromatic heterocycles. The van der Waals surface area contributed by atoms with Crippen LogP contribution in [-0.2, 0) is 4.79 Å². The average molecular weight is 355 g/mol. The number of carbonyl (C=O) groups excluding carboxylic acids is 2. The predicted molar refractivity (Wildman–Crippen MR) is 98.7 cm³/mol. The number of nitrogens with zero attached hydrogens (tertiary/aromatic N) is 2. The molecule has 3 heterocycles. The van der Waals surface area contributed by atoms with Crippen LogP contribution in [0.15, 0.2) is 47.8 Å². The largest absolute Gasteiger partial charge is 0.326 e. The van der Waals surface area contributed by atoms with Crippen molar-refractivity contribution in [2.45, 2.75) is 31.3 Å². The van der Waals surface area contributed by atoms with Gasteiger partial charge in [-0.15, -0.1) is 11.3 Å². The first-order valence-electron chi connectivity index (χ1n) is 8.71. The Labute approximate surface area is 151 Å². The molecule has 0 saturated carbocycles. The molecule has 2 unspecified atom stereocenters. The number of para-hydroxylation sites is 1. The molecule has 2 aliphatic rings. The summed E-state index contributed by atoms with van der Waals surface area (Å²) in [5.41, 5.74) is 0.891. The van der Waals surface area contributed by atoms with E-state index >= 15 is 0 Å². The van der Waals surface area contributed by atoms with E-state index in [2.05, 4.69) is 11.4 Å². The Morgan fingerprint density at radius 2 is 1.92 bits per heavy atom. The van der Waals surface area contributed by atoms with Crippen molar-refractivity contribution in [1.82, 2.24) is 10.2 Å². The molecular weight excluding hydrogens is 334 g/mol. The summed E-state index contributed by atoms with van der Waals surface area (Å²) in [6.45, 7) is 1.39. The molecule has 1 aromatic carbocycles. The fraction of sp³-hybridized carbons (Fsp3) is 0.368. The quantitative estimate of drug-likeness (QED) is 0.917. The number of rotatable bonds is 3. The molecule has 0 aliphatic carbocycles. The van der Waals surface area contributed by atoms with Crippen LogP contribution in [-0.4, -0.2) is 36.0 Å². The highest BCUT2D eigenvalue weighted by atomic mass is 32.1. The third kappa shape index (κ3) is 3.14. The first-order chi connectivity index (χ1) is 12.2. The summed E-state index contributed by atoms with van der Waals surface area (Å²) in [4.78, 5) is 30.3. The van der Waals surface area contributed by atoms with Crippen molar-refractivity contribution in [2.75, 3.05) is 18.0 Å². The molecule has 0 radical (unpaired) electrons. The maximum atomic E-state index is 12.7. The number of likely N-dealkylation sites (tertiary alicyclic amines) is 1. The number of urea groups is 1. The van der Waals surface area contributed by atoms with Gasteiger partial charge in [-0.25, -0.2) is 4.79 Å². The molecule has 0 bridgehead atoms. The summed E-state index contributed by atoms with van der Waals surface area (Å²) in [5.74, 6) is -0.0218. The zero-order valence-electron chi connectivity index (χ0n) is 13.9. The lowest BCUT2D eigenvalue weighted by molar-refractivity contribution is -0.118. The standard InChI is InChI=1S/C19H21N3O2S/c23-18-15(10-12-21(18)14-6-2-1-3-7-14)20-19(24)22-11-4-8-16(22)17-9-5-13-25-17/h1-3,5-7,9,13,15-16H,4,8,10-12H2,(H,20,24). The van der Waals surface area contributed by atoms with Crippen LogP contribution in [0, 0.1) is 0 Å². The molecule has 6 heteroatoms. The lowest BCUT2D eigenvalue weighted by atomic mass is 10.2. The molecule has 4 rings (SSSR count). The number of nitrogens with one attached hydrogen (secondary N) is 1. The van der Waals surface area contributed by atoms with Gasteiger partial charge in [0, 0.05) is 23.7 Å². The highest BCUT2D eigenvalue weighted by Crippen LogP contribution is 2.34. The zero-order valence-corrected chi connectivity index (χ0v) is 14.7.